The van der Waals surface area contributed by atoms with Crippen molar-refractivity contribution in [2.24, 2.45) is 0 Å². The Morgan fingerprint density at radius 3 is 2.29 bits per heavy atom. The van der Waals surface area contributed by atoms with E-state index in [1.54, 1.807) is 24.3 Å². The van der Waals surface area contributed by atoms with Crippen LogP contribution in [0, 0.1) is 10.1 Å². The van der Waals surface area contributed by atoms with Gasteiger partial charge in [-0.15, -0.1) is 0 Å². The maximum absolute atomic E-state index is 12.9. The van der Waals surface area contributed by atoms with Crippen molar-refractivity contribution in [2.45, 2.75) is 4.90 Å². The highest BCUT2D eigenvalue weighted by Crippen LogP contribution is 2.42. The second-order valence-corrected chi connectivity index (χ2v) is 10.3. The first kappa shape index (κ1) is 22.7. The smallest absolute Gasteiger partial charge is 0.391 e. The van der Waals surface area contributed by atoms with Crippen LogP contribution >= 0.6 is 7.60 Å². The van der Waals surface area contributed by atoms with Gasteiger partial charge in [-0.2, -0.15) is 4.72 Å². The topological polar surface area (TPSA) is 139 Å². The van der Waals surface area contributed by atoms with Crippen LogP contribution in [0.3, 0.4) is 0 Å². The van der Waals surface area contributed by atoms with Gasteiger partial charge in [0.25, 0.3) is 5.69 Å². The van der Waals surface area contributed by atoms with Crippen LogP contribution in [-0.2, 0) is 14.6 Å². The average molecular weight is 465 g/mol. The van der Waals surface area contributed by atoms with Gasteiger partial charge in [0.2, 0.25) is 10.0 Å². The van der Waals surface area contributed by atoms with Crippen LogP contribution in [-0.4, -0.2) is 38.6 Å². The highest BCUT2D eigenvalue weighted by Gasteiger charge is 2.27. The monoisotopic (exact) mass is 465 g/mol. The lowest BCUT2D eigenvalue weighted by Crippen LogP contribution is -2.26. The molecule has 0 aliphatic carbocycles. The molecule has 0 saturated carbocycles. The second-order valence-electron chi connectivity index (χ2n) is 6.81. The summed E-state index contributed by atoms with van der Waals surface area (Å²) in [5, 5.41) is 11.9. The number of anilines is 1. The molecule has 0 aromatic heterocycles. The van der Waals surface area contributed by atoms with Crippen LogP contribution in [0.5, 0.6) is 5.75 Å². The zero-order chi connectivity index (χ0) is 22.8. The number of benzene rings is 3. The van der Waals surface area contributed by atoms with Gasteiger partial charge in [0.1, 0.15) is 12.0 Å². The molecule has 0 radical (unpaired) electrons. The van der Waals surface area contributed by atoms with E-state index in [2.05, 4.69) is 4.72 Å². The van der Waals surface area contributed by atoms with Crippen LogP contribution in [0.2, 0.25) is 0 Å². The average Bonchev–Trinajstić information content (AvgIpc) is 2.71. The van der Waals surface area contributed by atoms with Crippen LogP contribution in [0.1, 0.15) is 0 Å². The van der Waals surface area contributed by atoms with Gasteiger partial charge in [-0.05, 0) is 24.3 Å². The van der Waals surface area contributed by atoms with Crippen molar-refractivity contribution >= 4 is 39.8 Å². The summed E-state index contributed by atoms with van der Waals surface area (Å²) in [6, 6.07) is 14.6. The van der Waals surface area contributed by atoms with E-state index in [0.717, 1.165) is 30.0 Å². The van der Waals surface area contributed by atoms with Gasteiger partial charge in [-0.25, -0.2) is 13.0 Å². The predicted octanol–water partition coefficient (Wildman–Crippen LogP) is 3.31. The quantitative estimate of drug-likeness (QED) is 0.293. The van der Waals surface area contributed by atoms with E-state index >= 15 is 0 Å². The molecule has 164 valence electrons. The van der Waals surface area contributed by atoms with Crippen LogP contribution < -0.4 is 14.1 Å². The molecular formula is C19H20N3O7PS. The Balaban J connectivity index is 1.81. The van der Waals surface area contributed by atoms with E-state index < -0.39 is 28.8 Å². The third-order valence-electron chi connectivity index (χ3n) is 4.38. The fraction of sp³-hybridized carbons (Fsp3) is 0.158. The van der Waals surface area contributed by atoms with E-state index in [0.29, 0.717) is 10.8 Å². The first-order chi connectivity index (χ1) is 14.5. The van der Waals surface area contributed by atoms with Crippen LogP contribution in [0.15, 0.2) is 65.6 Å². The fourth-order valence-electron chi connectivity index (χ4n) is 2.96. The van der Waals surface area contributed by atoms with Gasteiger partial charge in [0.05, 0.1) is 9.82 Å². The molecule has 1 unspecified atom stereocenters. The molecule has 3 aromatic carbocycles. The number of hydrogen-bond donors (Lipinski definition) is 2. The summed E-state index contributed by atoms with van der Waals surface area (Å²) in [5.41, 5.74) is 0.609. The number of rotatable bonds is 8. The minimum atomic E-state index is -4.42. The lowest BCUT2D eigenvalue weighted by atomic mass is 10.1. The van der Waals surface area contributed by atoms with Gasteiger partial charge in [-0.1, -0.05) is 24.3 Å². The molecule has 0 aliphatic heterocycles. The van der Waals surface area contributed by atoms with Gasteiger partial charge < -0.3 is 14.3 Å². The lowest BCUT2D eigenvalue weighted by Gasteiger charge is -2.18. The Kier molecular flexibility index (Phi) is 6.33. The molecule has 0 fully saturated rings. The SMILES string of the molecule is CN(C)c1cccc2c(S(=O)(=O)NCP(=O)(O)Oc3ccc([N+](=O)[O-])cc3)cccc12. The summed E-state index contributed by atoms with van der Waals surface area (Å²) in [6.45, 7) is 0. The largest absolute Gasteiger partial charge is 0.424 e. The zero-order valence-corrected chi connectivity index (χ0v) is 18.3. The maximum atomic E-state index is 12.9. The molecule has 10 nitrogen and oxygen atoms in total. The van der Waals surface area contributed by atoms with Crippen molar-refractivity contribution in [3.8, 4) is 5.75 Å². The van der Waals surface area contributed by atoms with E-state index in [4.69, 9.17) is 4.52 Å². The van der Waals surface area contributed by atoms with Crippen LogP contribution in [0.25, 0.3) is 10.8 Å². The van der Waals surface area contributed by atoms with Crippen molar-refractivity contribution in [3.63, 3.8) is 0 Å². The van der Waals surface area contributed by atoms with Gasteiger partial charge >= 0.3 is 7.60 Å². The summed E-state index contributed by atoms with van der Waals surface area (Å²) in [7, 11) is -4.89. The highest BCUT2D eigenvalue weighted by molar-refractivity contribution is 7.90. The highest BCUT2D eigenvalue weighted by atomic mass is 32.2. The second kappa shape index (κ2) is 8.64. The molecule has 0 aliphatic rings. The first-order valence-electron chi connectivity index (χ1n) is 8.95. The molecule has 31 heavy (non-hydrogen) atoms. The van der Waals surface area contributed by atoms with Crippen molar-refractivity contribution in [3.05, 3.63) is 70.8 Å². The predicted molar refractivity (Wildman–Crippen MR) is 117 cm³/mol. The number of nitro benzene ring substituents is 1. The Labute approximate surface area is 178 Å². The number of nitrogens with one attached hydrogen (secondary N) is 1. The molecule has 3 aromatic rings. The molecular weight excluding hydrogens is 445 g/mol. The van der Waals surface area contributed by atoms with E-state index in [1.807, 2.05) is 25.1 Å². The summed E-state index contributed by atoms with van der Waals surface area (Å²) < 4.78 is 45.1. The molecule has 3 rings (SSSR count). The van der Waals surface area contributed by atoms with Crippen molar-refractivity contribution in [2.75, 3.05) is 25.3 Å². The Morgan fingerprint density at radius 2 is 1.68 bits per heavy atom. The number of sulfonamides is 1. The number of fused-ring (bicyclic) bond motifs is 1. The fourth-order valence-corrected chi connectivity index (χ4v) is 5.69. The summed E-state index contributed by atoms with van der Waals surface area (Å²) >= 11 is 0. The van der Waals surface area contributed by atoms with Gasteiger partial charge in [-0.3, -0.25) is 10.1 Å². The van der Waals surface area contributed by atoms with E-state index in [9.17, 15) is 28.0 Å². The molecule has 12 heteroatoms. The van der Waals surface area contributed by atoms with E-state index in [-0.39, 0.29) is 16.3 Å². The molecule has 1 atom stereocenters. The van der Waals surface area contributed by atoms with Crippen molar-refractivity contribution < 1.29 is 27.3 Å². The maximum Gasteiger partial charge on any atom is 0.391 e. The number of nitrogens with zero attached hydrogens (tertiary/aromatic N) is 2. The Hall–Kier alpha value is -2.98. The minimum Gasteiger partial charge on any atom is -0.424 e. The van der Waals surface area contributed by atoms with Crippen molar-refractivity contribution in [1.82, 2.24) is 4.72 Å². The first-order valence-corrected chi connectivity index (χ1v) is 12.2. The number of hydrogen-bond acceptors (Lipinski definition) is 7. The van der Waals surface area contributed by atoms with Gasteiger partial charge in [0.15, 0.2) is 0 Å². The minimum absolute atomic E-state index is 0.0379. The zero-order valence-electron chi connectivity index (χ0n) is 16.6. The summed E-state index contributed by atoms with van der Waals surface area (Å²) in [5.74, 6) is -0.101. The lowest BCUT2D eigenvalue weighted by molar-refractivity contribution is -0.384. The summed E-state index contributed by atoms with van der Waals surface area (Å²) in [6.07, 6.45) is -0.879. The Bertz CT molecular complexity index is 1280. The third kappa shape index (κ3) is 5.20. The standard InChI is InChI=1S/C19H20N3O7PS/c1-21(2)18-7-3-6-17-16(18)5-4-8-19(17)31(27,28)20-13-30(25,26)29-15-11-9-14(10-12-15)22(23)24/h3-12,20H,13H2,1-2H3,(H,25,26). The van der Waals surface area contributed by atoms with Crippen LogP contribution in [0.4, 0.5) is 11.4 Å². The Morgan fingerprint density at radius 1 is 1.06 bits per heavy atom. The molecule has 0 saturated heterocycles. The van der Waals surface area contributed by atoms with E-state index in [1.165, 1.54) is 6.07 Å². The van der Waals surface area contributed by atoms with Gasteiger partial charge in [0, 0.05) is 42.7 Å². The third-order valence-corrected chi connectivity index (χ3v) is 7.11. The normalized spacial score (nSPS) is 13.5. The number of nitro groups is 1. The molecule has 0 amide bonds. The molecule has 0 heterocycles. The molecule has 0 spiro atoms. The number of non-ortho nitro benzene ring substituents is 1. The van der Waals surface area contributed by atoms with Crippen molar-refractivity contribution in [1.29, 1.82) is 0 Å². The molecule has 2 N–H and O–H groups in total. The summed E-state index contributed by atoms with van der Waals surface area (Å²) in [4.78, 5) is 21.9. The molecule has 0 bridgehead atoms.